The smallest absolute Gasteiger partial charge is 0.0666 e. The lowest BCUT2D eigenvalue weighted by Crippen LogP contribution is -2.43. The van der Waals surface area contributed by atoms with Crippen LogP contribution >= 0.6 is 0 Å². The number of likely N-dealkylation sites (N-methyl/N-ethyl adjacent to an activating group) is 1. The van der Waals surface area contributed by atoms with E-state index < -0.39 is 0 Å². The van der Waals surface area contributed by atoms with E-state index >= 15 is 0 Å². The maximum Gasteiger partial charge on any atom is 0.0666 e. The molecule has 17 heavy (non-hydrogen) atoms. The molecule has 2 rings (SSSR count). The van der Waals surface area contributed by atoms with Crippen molar-refractivity contribution < 1.29 is 0 Å². The van der Waals surface area contributed by atoms with Crippen molar-refractivity contribution in [3.8, 4) is 0 Å². The van der Waals surface area contributed by atoms with Gasteiger partial charge in [0.05, 0.1) is 5.69 Å². The zero-order valence-corrected chi connectivity index (χ0v) is 11.2. The molecule has 1 unspecified atom stereocenters. The number of rotatable bonds is 4. The molecule has 0 aliphatic carbocycles. The van der Waals surface area contributed by atoms with E-state index in [2.05, 4.69) is 35.5 Å². The van der Waals surface area contributed by atoms with Gasteiger partial charge < -0.3 is 5.32 Å². The number of aromatic nitrogens is 2. The molecular weight excluding hydrogens is 212 g/mol. The van der Waals surface area contributed by atoms with Gasteiger partial charge >= 0.3 is 0 Å². The average Bonchev–Trinajstić information content (AvgIpc) is 2.70. The molecule has 1 aliphatic heterocycles. The van der Waals surface area contributed by atoms with Gasteiger partial charge in [0.15, 0.2) is 0 Å². The summed E-state index contributed by atoms with van der Waals surface area (Å²) in [6.45, 7) is 5.49. The van der Waals surface area contributed by atoms with Crippen LogP contribution in [0.2, 0.25) is 0 Å². The summed E-state index contributed by atoms with van der Waals surface area (Å²) < 4.78 is 1.93. The molecule has 0 radical (unpaired) electrons. The molecule has 96 valence electrons. The number of nitrogens with zero attached hydrogens (tertiary/aromatic N) is 3. The minimum Gasteiger partial charge on any atom is -0.315 e. The molecule has 1 aliphatic rings. The summed E-state index contributed by atoms with van der Waals surface area (Å²) >= 11 is 0. The van der Waals surface area contributed by atoms with Gasteiger partial charge in [0, 0.05) is 37.9 Å². The summed E-state index contributed by atoms with van der Waals surface area (Å²) in [4.78, 5) is 2.46. The molecule has 0 spiro atoms. The lowest BCUT2D eigenvalue weighted by molar-refractivity contribution is 0.195. The highest BCUT2D eigenvalue weighted by atomic mass is 15.3. The Hall–Kier alpha value is -0.870. The minimum atomic E-state index is 0.675. The lowest BCUT2D eigenvalue weighted by atomic mass is 10.1. The summed E-state index contributed by atoms with van der Waals surface area (Å²) in [6, 6.07) is 0.675. The zero-order valence-electron chi connectivity index (χ0n) is 11.2. The van der Waals surface area contributed by atoms with Crippen molar-refractivity contribution in [1.82, 2.24) is 20.0 Å². The largest absolute Gasteiger partial charge is 0.315 e. The van der Waals surface area contributed by atoms with Crippen molar-refractivity contribution in [3.63, 3.8) is 0 Å². The monoisotopic (exact) mass is 236 g/mol. The van der Waals surface area contributed by atoms with E-state index in [1.165, 1.54) is 30.6 Å². The molecule has 1 saturated heterocycles. The number of piperidine rings is 1. The van der Waals surface area contributed by atoms with E-state index in [1.54, 1.807) is 0 Å². The zero-order chi connectivity index (χ0) is 12.3. The van der Waals surface area contributed by atoms with Crippen LogP contribution in [-0.4, -0.2) is 40.9 Å². The average molecular weight is 236 g/mol. The number of hydrogen-bond donors (Lipinski definition) is 1. The predicted molar refractivity (Wildman–Crippen MR) is 69.9 cm³/mol. The molecule has 0 bridgehead atoms. The Morgan fingerprint density at radius 3 is 3.06 bits per heavy atom. The Kier molecular flexibility index (Phi) is 4.18. The highest BCUT2D eigenvalue weighted by Gasteiger charge is 2.19. The highest BCUT2D eigenvalue weighted by molar-refractivity contribution is 5.16. The van der Waals surface area contributed by atoms with Crippen LogP contribution < -0.4 is 5.32 Å². The standard InChI is InChI=1S/C13H24N4/c1-4-13-11(10-17(3)15-13)9-16(2)12-6-5-7-14-8-12/h10,12,14H,4-9H2,1-3H3. The topological polar surface area (TPSA) is 33.1 Å². The third-order valence-electron chi connectivity index (χ3n) is 3.64. The van der Waals surface area contributed by atoms with Gasteiger partial charge in [-0.2, -0.15) is 5.10 Å². The molecule has 1 fully saturated rings. The second-order valence-electron chi connectivity index (χ2n) is 5.04. The molecule has 1 N–H and O–H groups in total. The molecule has 4 nitrogen and oxygen atoms in total. The first-order valence-corrected chi connectivity index (χ1v) is 6.63. The third-order valence-corrected chi connectivity index (χ3v) is 3.64. The van der Waals surface area contributed by atoms with Gasteiger partial charge in [0.25, 0.3) is 0 Å². The molecular formula is C13H24N4. The van der Waals surface area contributed by atoms with E-state index in [9.17, 15) is 0 Å². The van der Waals surface area contributed by atoms with E-state index in [-0.39, 0.29) is 0 Å². The Balaban J connectivity index is 1.98. The van der Waals surface area contributed by atoms with Crippen LogP contribution in [0.25, 0.3) is 0 Å². The van der Waals surface area contributed by atoms with Crippen LogP contribution in [0.3, 0.4) is 0 Å². The van der Waals surface area contributed by atoms with Crippen molar-refractivity contribution in [2.45, 2.75) is 38.8 Å². The van der Waals surface area contributed by atoms with Gasteiger partial charge in [0.2, 0.25) is 0 Å². The fraction of sp³-hybridized carbons (Fsp3) is 0.769. The summed E-state index contributed by atoms with van der Waals surface area (Å²) in [5.74, 6) is 0. The first-order chi connectivity index (χ1) is 8.20. The molecule has 0 amide bonds. The second kappa shape index (κ2) is 5.65. The van der Waals surface area contributed by atoms with Gasteiger partial charge in [-0.05, 0) is 32.9 Å². The highest BCUT2D eigenvalue weighted by Crippen LogP contribution is 2.15. The normalized spacial score (nSPS) is 21.1. The van der Waals surface area contributed by atoms with Crippen molar-refractivity contribution in [1.29, 1.82) is 0 Å². The minimum absolute atomic E-state index is 0.675. The van der Waals surface area contributed by atoms with E-state index in [4.69, 9.17) is 0 Å². The van der Waals surface area contributed by atoms with Gasteiger partial charge in [0.1, 0.15) is 0 Å². The molecule has 4 heteroatoms. The molecule has 1 aromatic rings. The number of hydrogen-bond acceptors (Lipinski definition) is 3. The van der Waals surface area contributed by atoms with Crippen molar-refractivity contribution in [2.24, 2.45) is 7.05 Å². The summed E-state index contributed by atoms with van der Waals surface area (Å²) in [6.07, 6.45) is 5.78. The van der Waals surface area contributed by atoms with Crippen molar-refractivity contribution >= 4 is 0 Å². The summed E-state index contributed by atoms with van der Waals surface area (Å²) in [7, 11) is 4.23. The van der Waals surface area contributed by atoms with Gasteiger partial charge in [-0.15, -0.1) is 0 Å². The maximum absolute atomic E-state index is 4.50. The van der Waals surface area contributed by atoms with E-state index in [0.29, 0.717) is 6.04 Å². The van der Waals surface area contributed by atoms with Crippen LogP contribution in [0.4, 0.5) is 0 Å². The molecule has 0 aromatic carbocycles. The third kappa shape index (κ3) is 3.07. The Labute approximate surface area is 104 Å². The Morgan fingerprint density at radius 1 is 1.59 bits per heavy atom. The quantitative estimate of drug-likeness (QED) is 0.852. The van der Waals surface area contributed by atoms with Crippen LogP contribution in [0.15, 0.2) is 6.20 Å². The lowest BCUT2D eigenvalue weighted by Gasteiger charge is -2.31. The SMILES string of the molecule is CCc1nn(C)cc1CN(C)C1CCCNC1. The molecule has 0 saturated carbocycles. The Morgan fingerprint density at radius 2 is 2.41 bits per heavy atom. The van der Waals surface area contributed by atoms with Crippen molar-refractivity contribution in [2.75, 3.05) is 20.1 Å². The molecule has 2 heterocycles. The summed E-state index contributed by atoms with van der Waals surface area (Å²) in [5, 5.41) is 7.97. The van der Waals surface area contributed by atoms with Gasteiger partial charge in [-0.1, -0.05) is 6.92 Å². The first kappa shape index (κ1) is 12.6. The van der Waals surface area contributed by atoms with Crippen LogP contribution in [-0.2, 0) is 20.0 Å². The molecule has 1 atom stereocenters. The van der Waals surface area contributed by atoms with E-state index in [0.717, 1.165) is 19.5 Å². The van der Waals surface area contributed by atoms with E-state index in [1.807, 2.05) is 11.7 Å². The molecule has 1 aromatic heterocycles. The first-order valence-electron chi connectivity index (χ1n) is 6.63. The van der Waals surface area contributed by atoms with Gasteiger partial charge in [-0.25, -0.2) is 0 Å². The number of aryl methyl sites for hydroxylation is 2. The number of nitrogens with one attached hydrogen (secondary N) is 1. The fourth-order valence-corrected chi connectivity index (χ4v) is 2.62. The van der Waals surface area contributed by atoms with Crippen molar-refractivity contribution in [3.05, 3.63) is 17.5 Å². The summed E-state index contributed by atoms with van der Waals surface area (Å²) in [5.41, 5.74) is 2.62. The predicted octanol–water partition coefficient (Wildman–Crippen LogP) is 1.17. The fourth-order valence-electron chi connectivity index (χ4n) is 2.62. The Bertz CT molecular complexity index is 352. The van der Waals surface area contributed by atoms with Crippen LogP contribution in [0, 0.1) is 0 Å². The van der Waals surface area contributed by atoms with Crippen LogP contribution in [0.5, 0.6) is 0 Å². The second-order valence-corrected chi connectivity index (χ2v) is 5.04. The van der Waals surface area contributed by atoms with Crippen LogP contribution in [0.1, 0.15) is 31.0 Å². The maximum atomic E-state index is 4.50. The van der Waals surface area contributed by atoms with Gasteiger partial charge in [-0.3, -0.25) is 9.58 Å².